The van der Waals surface area contributed by atoms with Crippen LogP contribution < -0.4 is 0 Å². The van der Waals surface area contributed by atoms with Crippen LogP contribution in [0.15, 0.2) is 95.4 Å². The van der Waals surface area contributed by atoms with Crippen molar-refractivity contribution < 1.29 is 4.42 Å². The third kappa shape index (κ3) is 2.43. The van der Waals surface area contributed by atoms with E-state index in [-0.39, 0.29) is 0 Å². The Balaban J connectivity index is 1.64. The molecular weight excluding hydrogens is 420 g/mol. The minimum absolute atomic E-state index is 0.718. The van der Waals surface area contributed by atoms with Gasteiger partial charge in [-0.15, -0.1) is 11.3 Å². The molecule has 0 aliphatic heterocycles. The molecule has 7 rings (SSSR count). The summed E-state index contributed by atoms with van der Waals surface area (Å²) in [7, 11) is 0. The zero-order chi connectivity index (χ0) is 20.5. The van der Waals surface area contributed by atoms with E-state index in [0.29, 0.717) is 0 Å². The van der Waals surface area contributed by atoms with Crippen LogP contribution in [0, 0.1) is 0 Å². The highest BCUT2D eigenvalue weighted by Crippen LogP contribution is 2.45. The van der Waals surface area contributed by atoms with E-state index in [1.54, 1.807) is 0 Å². The molecule has 2 heterocycles. The standard InChI is InChI=1S/C28H15ClOS/c29-22-13-12-19(18-9-5-11-25-26(18)20-8-3-4-10-24(20)31-25)28-27(22)21-14-16-6-1-2-7-17(16)15-23(21)30-28/h1-15H. The third-order valence-corrected chi connectivity index (χ3v) is 7.58. The van der Waals surface area contributed by atoms with Crippen LogP contribution in [0.25, 0.3) is 64.0 Å². The number of rotatable bonds is 1. The summed E-state index contributed by atoms with van der Waals surface area (Å²) in [6.45, 7) is 0. The molecule has 0 atom stereocenters. The van der Waals surface area contributed by atoms with E-state index in [4.69, 9.17) is 16.0 Å². The zero-order valence-electron chi connectivity index (χ0n) is 16.4. The van der Waals surface area contributed by atoms with Gasteiger partial charge in [0.05, 0.1) is 5.02 Å². The minimum atomic E-state index is 0.718. The quantitative estimate of drug-likeness (QED) is 0.251. The van der Waals surface area contributed by atoms with Crippen molar-refractivity contribution in [3.05, 3.63) is 96.0 Å². The normalized spacial score (nSPS) is 12.0. The minimum Gasteiger partial charge on any atom is -0.455 e. The Kier molecular flexibility index (Phi) is 3.55. The summed E-state index contributed by atoms with van der Waals surface area (Å²) >= 11 is 8.55. The highest BCUT2D eigenvalue weighted by molar-refractivity contribution is 7.25. The van der Waals surface area contributed by atoms with Crippen LogP contribution in [0.4, 0.5) is 0 Å². The molecule has 0 spiro atoms. The molecule has 0 fully saturated rings. The van der Waals surface area contributed by atoms with Crippen molar-refractivity contribution in [2.24, 2.45) is 0 Å². The van der Waals surface area contributed by atoms with Crippen LogP contribution in [-0.4, -0.2) is 0 Å². The Morgan fingerprint density at radius 2 is 1.39 bits per heavy atom. The number of hydrogen-bond donors (Lipinski definition) is 0. The predicted molar refractivity (Wildman–Crippen MR) is 135 cm³/mol. The number of furan rings is 1. The highest BCUT2D eigenvalue weighted by Gasteiger charge is 2.18. The second-order valence-electron chi connectivity index (χ2n) is 7.87. The topological polar surface area (TPSA) is 13.1 Å². The van der Waals surface area contributed by atoms with Crippen molar-refractivity contribution in [2.75, 3.05) is 0 Å². The molecule has 7 aromatic rings. The molecule has 0 saturated heterocycles. The Morgan fingerprint density at radius 3 is 2.29 bits per heavy atom. The van der Waals surface area contributed by atoms with Crippen molar-refractivity contribution in [3.8, 4) is 11.1 Å². The molecular formula is C28H15ClOS. The lowest BCUT2D eigenvalue weighted by Crippen LogP contribution is -1.81. The van der Waals surface area contributed by atoms with Gasteiger partial charge in [0.25, 0.3) is 0 Å². The lowest BCUT2D eigenvalue weighted by atomic mass is 9.97. The fourth-order valence-corrected chi connectivity index (χ4v) is 6.12. The summed E-state index contributed by atoms with van der Waals surface area (Å²) in [5.41, 5.74) is 3.97. The van der Waals surface area contributed by atoms with Crippen LogP contribution in [-0.2, 0) is 0 Å². The van der Waals surface area contributed by atoms with E-state index in [1.807, 2.05) is 17.4 Å². The molecule has 0 aliphatic carbocycles. The summed E-state index contributed by atoms with van der Waals surface area (Å²) in [6.07, 6.45) is 0. The summed E-state index contributed by atoms with van der Waals surface area (Å²) in [4.78, 5) is 0. The molecule has 0 aliphatic rings. The van der Waals surface area contributed by atoms with Gasteiger partial charge in [0.2, 0.25) is 0 Å². The molecule has 146 valence electrons. The van der Waals surface area contributed by atoms with Gasteiger partial charge in [0.1, 0.15) is 11.2 Å². The van der Waals surface area contributed by atoms with Gasteiger partial charge in [-0.05, 0) is 52.7 Å². The van der Waals surface area contributed by atoms with E-state index >= 15 is 0 Å². The van der Waals surface area contributed by atoms with Gasteiger partial charge in [-0.1, -0.05) is 66.2 Å². The fraction of sp³-hybridized carbons (Fsp3) is 0. The van der Waals surface area contributed by atoms with Gasteiger partial charge < -0.3 is 4.42 Å². The monoisotopic (exact) mass is 434 g/mol. The average molecular weight is 435 g/mol. The molecule has 3 heteroatoms. The molecule has 0 bridgehead atoms. The molecule has 2 aromatic heterocycles. The van der Waals surface area contributed by atoms with Crippen LogP contribution in [0.3, 0.4) is 0 Å². The first kappa shape index (κ1) is 17.4. The van der Waals surface area contributed by atoms with Crippen LogP contribution in [0.5, 0.6) is 0 Å². The van der Waals surface area contributed by atoms with E-state index in [0.717, 1.165) is 37.9 Å². The van der Waals surface area contributed by atoms with Crippen molar-refractivity contribution in [1.29, 1.82) is 0 Å². The number of thiophene rings is 1. The zero-order valence-corrected chi connectivity index (χ0v) is 17.9. The maximum atomic E-state index is 6.72. The summed E-state index contributed by atoms with van der Waals surface area (Å²) in [5.74, 6) is 0. The maximum Gasteiger partial charge on any atom is 0.144 e. The largest absolute Gasteiger partial charge is 0.455 e. The van der Waals surface area contributed by atoms with E-state index in [9.17, 15) is 0 Å². The van der Waals surface area contributed by atoms with Crippen LogP contribution in [0.1, 0.15) is 0 Å². The first-order chi connectivity index (χ1) is 15.3. The van der Waals surface area contributed by atoms with Crippen molar-refractivity contribution in [3.63, 3.8) is 0 Å². The Bertz CT molecular complexity index is 1810. The van der Waals surface area contributed by atoms with Gasteiger partial charge in [0.15, 0.2) is 0 Å². The van der Waals surface area contributed by atoms with Crippen LogP contribution in [0.2, 0.25) is 5.02 Å². The smallest absolute Gasteiger partial charge is 0.144 e. The fourth-order valence-electron chi connectivity index (χ4n) is 4.74. The summed E-state index contributed by atoms with van der Waals surface area (Å²) in [6, 6.07) is 31.9. The van der Waals surface area contributed by atoms with Crippen molar-refractivity contribution >= 4 is 75.8 Å². The molecule has 31 heavy (non-hydrogen) atoms. The molecule has 1 nitrogen and oxygen atoms in total. The summed E-state index contributed by atoms with van der Waals surface area (Å²) < 4.78 is 9.06. The van der Waals surface area contributed by atoms with E-state index in [2.05, 4.69) is 84.9 Å². The average Bonchev–Trinajstić information content (AvgIpc) is 3.36. The maximum absolute atomic E-state index is 6.72. The number of fused-ring (bicyclic) bond motifs is 7. The summed E-state index contributed by atoms with van der Waals surface area (Å²) in [5, 5.41) is 7.66. The van der Waals surface area contributed by atoms with E-state index in [1.165, 1.54) is 31.1 Å². The second-order valence-corrected chi connectivity index (χ2v) is 9.36. The van der Waals surface area contributed by atoms with Gasteiger partial charge in [0, 0.05) is 36.5 Å². The number of halogens is 1. The lowest BCUT2D eigenvalue weighted by Gasteiger charge is -2.07. The first-order valence-electron chi connectivity index (χ1n) is 10.2. The van der Waals surface area contributed by atoms with Crippen LogP contribution >= 0.6 is 22.9 Å². The molecule has 5 aromatic carbocycles. The Morgan fingerprint density at radius 1 is 0.613 bits per heavy atom. The number of benzene rings is 5. The highest BCUT2D eigenvalue weighted by atomic mass is 35.5. The molecule has 0 amide bonds. The third-order valence-electron chi connectivity index (χ3n) is 6.13. The molecule has 0 saturated carbocycles. The van der Waals surface area contributed by atoms with Gasteiger partial charge in [-0.25, -0.2) is 0 Å². The molecule has 0 N–H and O–H groups in total. The molecule has 0 unspecified atom stereocenters. The Hall–Kier alpha value is -3.33. The van der Waals surface area contributed by atoms with Crippen molar-refractivity contribution in [2.45, 2.75) is 0 Å². The molecule has 0 radical (unpaired) electrons. The van der Waals surface area contributed by atoms with E-state index < -0.39 is 0 Å². The SMILES string of the molecule is Clc1ccc(-c2cccc3sc4ccccc4c23)c2oc3cc4ccccc4cc3c12. The van der Waals surface area contributed by atoms with Crippen molar-refractivity contribution in [1.82, 2.24) is 0 Å². The predicted octanol–water partition coefficient (Wildman–Crippen LogP) is 9.43. The second kappa shape index (κ2) is 6.34. The van der Waals surface area contributed by atoms with Gasteiger partial charge in [-0.3, -0.25) is 0 Å². The van der Waals surface area contributed by atoms with Gasteiger partial charge >= 0.3 is 0 Å². The van der Waals surface area contributed by atoms with Gasteiger partial charge in [-0.2, -0.15) is 0 Å². The Labute approximate surface area is 187 Å². The number of hydrogen-bond acceptors (Lipinski definition) is 2. The first-order valence-corrected chi connectivity index (χ1v) is 11.4. The lowest BCUT2D eigenvalue weighted by molar-refractivity contribution is 0.670.